The van der Waals surface area contributed by atoms with Crippen LogP contribution in [0.3, 0.4) is 0 Å². The van der Waals surface area contributed by atoms with E-state index in [0.717, 1.165) is 60.8 Å². The van der Waals surface area contributed by atoms with Gasteiger partial charge in [0.1, 0.15) is 0 Å². The number of hydrogen-bond acceptors (Lipinski definition) is 3. The van der Waals surface area contributed by atoms with E-state index in [1.807, 2.05) is 0 Å². The van der Waals surface area contributed by atoms with Crippen molar-refractivity contribution in [2.45, 2.75) is 103 Å². The van der Waals surface area contributed by atoms with Crippen LogP contribution in [0.1, 0.15) is 110 Å². The van der Waals surface area contributed by atoms with Crippen LogP contribution in [0.5, 0.6) is 11.5 Å². The number of benzene rings is 2. The van der Waals surface area contributed by atoms with Gasteiger partial charge in [-0.3, -0.25) is 0 Å². The lowest BCUT2D eigenvalue weighted by molar-refractivity contribution is 0.467. The van der Waals surface area contributed by atoms with E-state index in [0.29, 0.717) is 23.3 Å². The normalized spacial score (nSPS) is 20.8. The second-order valence-electron chi connectivity index (χ2n) is 11.8. The van der Waals surface area contributed by atoms with Crippen molar-refractivity contribution in [2.24, 2.45) is 11.8 Å². The minimum atomic E-state index is -1.95. The molecule has 0 spiro atoms. The predicted octanol–water partition coefficient (Wildman–Crippen LogP) is 7.54. The SMILES string of the molecule is O=S1Oc2c(C#CC3CCCC3)cc3c(c2-c2c4c(cc(C#CC5CCCC5)c2O1)CCCC4)CCCC3. The lowest BCUT2D eigenvalue weighted by Gasteiger charge is -2.26. The zero-order valence-corrected chi connectivity index (χ0v) is 23.1. The van der Waals surface area contributed by atoms with E-state index in [4.69, 9.17) is 8.37 Å². The Balaban J connectivity index is 1.48. The molecule has 1 aliphatic heterocycles. The van der Waals surface area contributed by atoms with Gasteiger partial charge in [0.25, 0.3) is 0 Å². The average Bonchev–Trinajstić information content (AvgIpc) is 3.63. The van der Waals surface area contributed by atoms with Crippen LogP contribution in [0.15, 0.2) is 12.1 Å². The van der Waals surface area contributed by atoms with Gasteiger partial charge < -0.3 is 8.37 Å². The summed E-state index contributed by atoms with van der Waals surface area (Å²) >= 11 is -1.95. The molecule has 2 aromatic rings. The molecule has 0 unspecified atom stereocenters. The molecule has 0 N–H and O–H groups in total. The van der Waals surface area contributed by atoms with Gasteiger partial charge in [-0.1, -0.05) is 49.4 Å². The first-order valence-corrected chi connectivity index (χ1v) is 15.9. The van der Waals surface area contributed by atoms with Crippen LogP contribution in [-0.4, -0.2) is 4.21 Å². The third-order valence-electron chi connectivity index (χ3n) is 9.29. The van der Waals surface area contributed by atoms with E-state index in [1.165, 1.54) is 86.5 Å². The fraction of sp³-hybridized carbons (Fsp3) is 0.529. The van der Waals surface area contributed by atoms with Crippen molar-refractivity contribution in [3.05, 3.63) is 45.5 Å². The molecule has 3 nitrogen and oxygen atoms in total. The van der Waals surface area contributed by atoms with Crippen LogP contribution in [0.25, 0.3) is 11.1 Å². The molecular weight excluding hydrogens is 488 g/mol. The summed E-state index contributed by atoms with van der Waals surface area (Å²) < 4.78 is 25.7. The molecule has 0 atom stereocenters. The molecule has 0 radical (unpaired) electrons. The highest BCUT2D eigenvalue weighted by Crippen LogP contribution is 2.51. The van der Waals surface area contributed by atoms with E-state index in [9.17, 15) is 4.21 Å². The van der Waals surface area contributed by atoms with Gasteiger partial charge in [-0.15, -0.1) is 0 Å². The second kappa shape index (κ2) is 10.5. The van der Waals surface area contributed by atoms with E-state index in [-0.39, 0.29) is 0 Å². The van der Waals surface area contributed by atoms with Gasteiger partial charge in [0.15, 0.2) is 11.5 Å². The van der Waals surface area contributed by atoms with Crippen molar-refractivity contribution in [3.63, 3.8) is 0 Å². The molecule has 0 saturated heterocycles. The molecular formula is C34H36O3S. The molecule has 4 heteroatoms. The highest BCUT2D eigenvalue weighted by atomic mass is 32.2. The van der Waals surface area contributed by atoms with Crippen LogP contribution < -0.4 is 8.37 Å². The van der Waals surface area contributed by atoms with Crippen LogP contribution in [0.2, 0.25) is 0 Å². The summed E-state index contributed by atoms with van der Waals surface area (Å²) in [6.45, 7) is 0. The number of rotatable bonds is 0. The van der Waals surface area contributed by atoms with Gasteiger partial charge in [0.2, 0.25) is 0 Å². The summed E-state index contributed by atoms with van der Waals surface area (Å²) in [6.07, 6.45) is 18.6. The summed E-state index contributed by atoms with van der Waals surface area (Å²) in [7, 11) is 0. The summed E-state index contributed by atoms with van der Waals surface area (Å²) in [5, 5.41) is 0. The zero-order chi connectivity index (χ0) is 25.5. The fourth-order valence-corrected chi connectivity index (χ4v) is 7.96. The maximum Gasteiger partial charge on any atom is 0.417 e. The molecule has 2 aromatic carbocycles. The van der Waals surface area contributed by atoms with Crippen LogP contribution in [0, 0.1) is 35.5 Å². The van der Waals surface area contributed by atoms with E-state index in [1.54, 1.807) is 0 Å². The molecule has 196 valence electrons. The summed E-state index contributed by atoms with van der Waals surface area (Å²) in [5.41, 5.74) is 9.39. The highest BCUT2D eigenvalue weighted by molar-refractivity contribution is 7.76. The molecule has 7 rings (SSSR count). The van der Waals surface area contributed by atoms with Crippen molar-refractivity contribution in [3.8, 4) is 46.3 Å². The highest BCUT2D eigenvalue weighted by Gasteiger charge is 2.34. The molecule has 38 heavy (non-hydrogen) atoms. The Morgan fingerprint density at radius 3 is 1.47 bits per heavy atom. The van der Waals surface area contributed by atoms with Crippen molar-refractivity contribution < 1.29 is 12.6 Å². The molecule has 5 aliphatic rings. The van der Waals surface area contributed by atoms with Crippen molar-refractivity contribution in [1.82, 2.24) is 0 Å². The first kappa shape index (κ1) is 24.4. The maximum atomic E-state index is 13.3. The minimum Gasteiger partial charge on any atom is -0.369 e. The predicted molar refractivity (Wildman–Crippen MR) is 152 cm³/mol. The van der Waals surface area contributed by atoms with Gasteiger partial charge in [0.05, 0.1) is 11.1 Å². The smallest absolute Gasteiger partial charge is 0.369 e. The van der Waals surface area contributed by atoms with Gasteiger partial charge in [-0.05, 0) is 111 Å². The minimum absolute atomic E-state index is 0.451. The average molecular weight is 525 g/mol. The Morgan fingerprint density at radius 1 is 0.605 bits per heavy atom. The second-order valence-corrected chi connectivity index (χ2v) is 12.6. The Kier molecular flexibility index (Phi) is 6.71. The Bertz CT molecular complexity index is 1310. The number of fused-ring (bicyclic) bond motifs is 7. The molecule has 0 amide bonds. The summed E-state index contributed by atoms with van der Waals surface area (Å²) in [6, 6.07) is 4.46. The van der Waals surface area contributed by atoms with Gasteiger partial charge in [-0.25, -0.2) is 0 Å². The van der Waals surface area contributed by atoms with Gasteiger partial charge in [-0.2, -0.15) is 4.21 Å². The summed E-state index contributed by atoms with van der Waals surface area (Å²) in [4.78, 5) is 0. The Hall–Kier alpha value is -2.69. The van der Waals surface area contributed by atoms with Crippen LogP contribution in [-0.2, 0) is 37.0 Å². The Morgan fingerprint density at radius 2 is 1.03 bits per heavy atom. The summed E-state index contributed by atoms with van der Waals surface area (Å²) in [5.74, 6) is 16.3. The first-order valence-electron chi connectivity index (χ1n) is 14.9. The van der Waals surface area contributed by atoms with Crippen molar-refractivity contribution in [1.29, 1.82) is 0 Å². The van der Waals surface area contributed by atoms with Crippen LogP contribution >= 0.6 is 0 Å². The van der Waals surface area contributed by atoms with E-state index < -0.39 is 11.4 Å². The van der Waals surface area contributed by atoms with Crippen molar-refractivity contribution in [2.75, 3.05) is 0 Å². The number of aryl methyl sites for hydroxylation is 2. The van der Waals surface area contributed by atoms with E-state index in [2.05, 4.69) is 35.8 Å². The standard InChI is InChI=1S/C34H36O3S/c35-38-36-33-27(19-17-23-9-1-2-10-23)21-25-13-5-7-15-29(25)31(33)32-30-16-8-6-14-26(30)22-28(34(32)37-38)20-18-24-11-3-4-12-24/h21-24H,1-16H2. The number of hydrogen-bond donors (Lipinski definition) is 0. The molecule has 0 bridgehead atoms. The Labute approximate surface area is 230 Å². The monoisotopic (exact) mass is 524 g/mol. The topological polar surface area (TPSA) is 35.5 Å². The largest absolute Gasteiger partial charge is 0.417 e. The van der Waals surface area contributed by atoms with Gasteiger partial charge >= 0.3 is 11.4 Å². The lowest BCUT2D eigenvalue weighted by Crippen LogP contribution is -2.10. The third kappa shape index (κ3) is 4.56. The molecule has 4 aliphatic carbocycles. The fourth-order valence-electron chi connectivity index (χ4n) is 7.31. The molecule has 1 heterocycles. The molecule has 2 saturated carbocycles. The maximum absolute atomic E-state index is 13.3. The third-order valence-corrected chi connectivity index (χ3v) is 9.90. The lowest BCUT2D eigenvalue weighted by atomic mass is 9.78. The quantitative estimate of drug-likeness (QED) is 0.334. The van der Waals surface area contributed by atoms with E-state index >= 15 is 0 Å². The molecule has 0 aromatic heterocycles. The van der Waals surface area contributed by atoms with Crippen molar-refractivity contribution >= 4 is 11.4 Å². The van der Waals surface area contributed by atoms with Crippen LogP contribution in [0.4, 0.5) is 0 Å². The van der Waals surface area contributed by atoms with Gasteiger partial charge in [0, 0.05) is 23.0 Å². The molecule has 2 fully saturated rings. The first-order chi connectivity index (χ1) is 18.7. The zero-order valence-electron chi connectivity index (χ0n) is 22.3.